The van der Waals surface area contributed by atoms with Crippen LogP contribution in [0.2, 0.25) is 0 Å². The smallest absolute Gasteiger partial charge is 0.207 e. The van der Waals surface area contributed by atoms with Crippen LogP contribution in [-0.4, -0.2) is 31.2 Å². The van der Waals surface area contributed by atoms with Crippen molar-refractivity contribution in [2.45, 2.75) is 23.1 Å². The molecule has 3 nitrogen and oxygen atoms in total. The first-order valence-corrected chi connectivity index (χ1v) is 7.49. The van der Waals surface area contributed by atoms with Crippen LogP contribution in [0, 0.1) is 17.5 Å². The van der Waals surface area contributed by atoms with Crippen LogP contribution in [-0.2, 0) is 10.0 Å². The maximum Gasteiger partial charge on any atom is 0.248 e. The first-order valence-electron chi connectivity index (χ1n) is 5.61. The highest BCUT2D eigenvalue weighted by molar-refractivity contribution is 7.89. The van der Waals surface area contributed by atoms with Gasteiger partial charge >= 0.3 is 0 Å². The Labute approximate surface area is 114 Å². The van der Waals surface area contributed by atoms with Gasteiger partial charge in [0.25, 0.3) is 0 Å². The standard InChI is InChI=1S/C11H11ClF3NO2S/c12-7-2-1-3-16(6-7)19(17,18)11-9(14)4-8(13)5-10(11)15/h4-5,7H,1-3,6H2. The molecule has 1 aromatic rings. The summed E-state index contributed by atoms with van der Waals surface area (Å²) in [5.74, 6) is -4.04. The summed E-state index contributed by atoms with van der Waals surface area (Å²) >= 11 is 5.86. The predicted molar refractivity (Wildman–Crippen MR) is 63.9 cm³/mol. The molecule has 1 fully saturated rings. The summed E-state index contributed by atoms with van der Waals surface area (Å²) in [7, 11) is -4.34. The van der Waals surface area contributed by atoms with Gasteiger partial charge in [-0.2, -0.15) is 4.31 Å². The third-order valence-electron chi connectivity index (χ3n) is 2.89. The van der Waals surface area contributed by atoms with Gasteiger partial charge in [0.2, 0.25) is 10.0 Å². The zero-order chi connectivity index (χ0) is 14.2. The van der Waals surface area contributed by atoms with Crippen molar-refractivity contribution in [1.82, 2.24) is 4.31 Å². The van der Waals surface area contributed by atoms with Crippen LogP contribution in [0.15, 0.2) is 17.0 Å². The second kappa shape index (κ2) is 5.30. The largest absolute Gasteiger partial charge is 0.248 e. The zero-order valence-electron chi connectivity index (χ0n) is 9.74. The third kappa shape index (κ3) is 2.88. The second-order valence-electron chi connectivity index (χ2n) is 4.30. The van der Waals surface area contributed by atoms with E-state index >= 15 is 0 Å². The van der Waals surface area contributed by atoms with Gasteiger partial charge < -0.3 is 0 Å². The van der Waals surface area contributed by atoms with E-state index in [1.807, 2.05) is 0 Å². The molecule has 0 saturated carbocycles. The van der Waals surface area contributed by atoms with E-state index in [1.54, 1.807) is 0 Å². The predicted octanol–water partition coefficient (Wildman–Crippen LogP) is 2.50. The second-order valence-corrected chi connectivity index (χ2v) is 6.79. The molecule has 8 heteroatoms. The molecule has 0 N–H and O–H groups in total. The molecular formula is C11H11ClF3NO2S. The van der Waals surface area contributed by atoms with Gasteiger partial charge in [-0.15, -0.1) is 11.6 Å². The highest BCUT2D eigenvalue weighted by Crippen LogP contribution is 2.27. The number of sulfonamides is 1. The molecule has 1 aromatic carbocycles. The van der Waals surface area contributed by atoms with Crippen molar-refractivity contribution in [3.05, 3.63) is 29.6 Å². The lowest BCUT2D eigenvalue weighted by Gasteiger charge is -2.29. The summed E-state index contributed by atoms with van der Waals surface area (Å²) in [6, 6.07) is 0.691. The van der Waals surface area contributed by atoms with Crippen LogP contribution in [0.1, 0.15) is 12.8 Å². The molecule has 1 atom stereocenters. The van der Waals surface area contributed by atoms with Crippen molar-refractivity contribution in [2.75, 3.05) is 13.1 Å². The highest BCUT2D eigenvalue weighted by Gasteiger charge is 2.34. The number of nitrogens with zero attached hydrogens (tertiary/aromatic N) is 1. The molecule has 1 aliphatic rings. The summed E-state index contributed by atoms with van der Waals surface area (Å²) in [6.07, 6.45) is 1.15. The maximum absolute atomic E-state index is 13.5. The molecule has 19 heavy (non-hydrogen) atoms. The molecule has 0 radical (unpaired) electrons. The van der Waals surface area contributed by atoms with Crippen LogP contribution < -0.4 is 0 Å². The summed E-state index contributed by atoms with van der Waals surface area (Å²) in [6.45, 7) is 0.127. The van der Waals surface area contributed by atoms with Gasteiger partial charge in [-0.1, -0.05) is 0 Å². The number of halogens is 4. The first-order chi connectivity index (χ1) is 8.82. The molecule has 106 valence electrons. The van der Waals surface area contributed by atoms with Crippen LogP contribution >= 0.6 is 11.6 Å². The van der Waals surface area contributed by atoms with Gasteiger partial charge in [-0.05, 0) is 12.8 Å². The Bertz CT molecular complexity index is 571. The summed E-state index contributed by atoms with van der Waals surface area (Å²) in [5, 5.41) is -0.393. The SMILES string of the molecule is O=S(=O)(c1c(F)cc(F)cc1F)N1CCCC(Cl)C1. The number of alkyl halides is 1. The Balaban J connectivity index is 2.45. The van der Waals surface area contributed by atoms with E-state index in [4.69, 9.17) is 11.6 Å². The monoisotopic (exact) mass is 313 g/mol. The minimum atomic E-state index is -4.34. The van der Waals surface area contributed by atoms with E-state index < -0.39 is 37.7 Å². The van der Waals surface area contributed by atoms with Crippen LogP contribution in [0.25, 0.3) is 0 Å². The Morgan fingerprint density at radius 2 is 1.79 bits per heavy atom. The highest BCUT2D eigenvalue weighted by atomic mass is 35.5. The third-order valence-corrected chi connectivity index (χ3v) is 5.16. The lowest BCUT2D eigenvalue weighted by molar-refractivity contribution is 0.346. The average Bonchev–Trinajstić information content (AvgIpc) is 2.26. The fourth-order valence-electron chi connectivity index (χ4n) is 2.02. The van der Waals surface area contributed by atoms with Crippen molar-refractivity contribution in [3.8, 4) is 0 Å². The van der Waals surface area contributed by atoms with Crippen molar-refractivity contribution in [2.24, 2.45) is 0 Å². The van der Waals surface area contributed by atoms with E-state index in [0.717, 1.165) is 4.31 Å². The quantitative estimate of drug-likeness (QED) is 0.787. The first kappa shape index (κ1) is 14.6. The minimum absolute atomic E-state index is 0.0137. The van der Waals surface area contributed by atoms with E-state index in [0.29, 0.717) is 25.0 Å². The van der Waals surface area contributed by atoms with Gasteiger partial charge in [0, 0.05) is 30.6 Å². The number of hydrogen-bond donors (Lipinski definition) is 0. The fourth-order valence-corrected chi connectivity index (χ4v) is 4.03. The molecule has 0 bridgehead atoms. The van der Waals surface area contributed by atoms with Gasteiger partial charge in [0.05, 0.1) is 0 Å². The van der Waals surface area contributed by atoms with Crippen LogP contribution in [0.4, 0.5) is 13.2 Å². The van der Waals surface area contributed by atoms with Gasteiger partial charge in [0.1, 0.15) is 17.5 Å². The Kier molecular flexibility index (Phi) is 4.08. The Morgan fingerprint density at radius 1 is 1.21 bits per heavy atom. The number of piperidine rings is 1. The van der Waals surface area contributed by atoms with E-state index in [9.17, 15) is 21.6 Å². The van der Waals surface area contributed by atoms with Gasteiger partial charge in [0.15, 0.2) is 4.90 Å². The molecular weight excluding hydrogens is 303 g/mol. The average molecular weight is 314 g/mol. The summed E-state index contributed by atoms with van der Waals surface area (Å²) < 4.78 is 65.1. The summed E-state index contributed by atoms with van der Waals surface area (Å²) in [4.78, 5) is -1.13. The maximum atomic E-state index is 13.5. The molecule has 1 heterocycles. The fraction of sp³-hybridized carbons (Fsp3) is 0.455. The van der Waals surface area contributed by atoms with Crippen LogP contribution in [0.5, 0.6) is 0 Å². The number of benzene rings is 1. The molecule has 1 aliphatic heterocycles. The topological polar surface area (TPSA) is 37.4 Å². The Hall–Kier alpha value is -0.790. The Morgan fingerprint density at radius 3 is 2.32 bits per heavy atom. The molecule has 1 unspecified atom stereocenters. The molecule has 2 rings (SSSR count). The van der Waals surface area contributed by atoms with Crippen molar-refractivity contribution >= 4 is 21.6 Å². The van der Waals surface area contributed by atoms with Gasteiger partial charge in [-0.3, -0.25) is 0 Å². The molecule has 0 aromatic heterocycles. The normalized spacial score (nSPS) is 21.6. The lowest BCUT2D eigenvalue weighted by atomic mass is 10.2. The lowest BCUT2D eigenvalue weighted by Crippen LogP contribution is -2.41. The van der Waals surface area contributed by atoms with E-state index in [1.165, 1.54) is 0 Å². The zero-order valence-corrected chi connectivity index (χ0v) is 11.3. The van der Waals surface area contributed by atoms with Crippen molar-refractivity contribution in [3.63, 3.8) is 0 Å². The molecule has 0 spiro atoms. The number of hydrogen-bond acceptors (Lipinski definition) is 2. The summed E-state index contributed by atoms with van der Waals surface area (Å²) in [5.41, 5.74) is 0. The van der Waals surface area contributed by atoms with Crippen molar-refractivity contribution in [1.29, 1.82) is 0 Å². The van der Waals surface area contributed by atoms with E-state index in [2.05, 4.69) is 0 Å². The van der Waals surface area contributed by atoms with Gasteiger partial charge in [-0.25, -0.2) is 21.6 Å². The molecule has 0 aliphatic carbocycles. The molecule has 1 saturated heterocycles. The van der Waals surface area contributed by atoms with E-state index in [-0.39, 0.29) is 13.1 Å². The van der Waals surface area contributed by atoms with Crippen molar-refractivity contribution < 1.29 is 21.6 Å². The molecule has 0 amide bonds. The number of rotatable bonds is 2. The van der Waals surface area contributed by atoms with Crippen LogP contribution in [0.3, 0.4) is 0 Å². The minimum Gasteiger partial charge on any atom is -0.207 e.